The molecule has 0 aromatic heterocycles. The first-order valence-electron chi connectivity index (χ1n) is 11.0. The number of alkyl halides is 2. The lowest BCUT2D eigenvalue weighted by Gasteiger charge is -2.22. The molecule has 1 atom stereocenters. The van der Waals surface area contributed by atoms with Gasteiger partial charge in [-0.2, -0.15) is 8.78 Å². The van der Waals surface area contributed by atoms with Crippen molar-refractivity contribution < 1.29 is 18.3 Å². The maximum absolute atomic E-state index is 12.7. The van der Waals surface area contributed by atoms with Gasteiger partial charge < -0.3 is 25.0 Å². The molecule has 0 amide bonds. The van der Waals surface area contributed by atoms with Gasteiger partial charge in [0, 0.05) is 39.3 Å². The number of anilines is 1. The Morgan fingerprint density at radius 3 is 2.69 bits per heavy atom. The summed E-state index contributed by atoms with van der Waals surface area (Å²) in [6, 6.07) is 17.2. The number of ether oxygens (including phenoxy) is 2. The second-order valence-electron chi connectivity index (χ2n) is 7.67. The molecule has 1 saturated heterocycles. The van der Waals surface area contributed by atoms with Gasteiger partial charge in [0.1, 0.15) is 5.75 Å². The number of benzene rings is 2. The highest BCUT2D eigenvalue weighted by Crippen LogP contribution is 2.31. The average Bonchev–Trinajstić information content (AvgIpc) is 3.26. The topological polar surface area (TPSA) is 58.1 Å². The van der Waals surface area contributed by atoms with Gasteiger partial charge in [-0.15, -0.1) is 0 Å². The van der Waals surface area contributed by atoms with Crippen LogP contribution in [-0.4, -0.2) is 51.9 Å². The first kappa shape index (κ1) is 23.8. The quantitative estimate of drug-likeness (QED) is 0.310. The molecule has 8 heteroatoms. The summed E-state index contributed by atoms with van der Waals surface area (Å²) in [7, 11) is 1.75. The number of hydrogen-bond acceptors (Lipinski definition) is 4. The van der Waals surface area contributed by atoms with Gasteiger partial charge in [0.05, 0.1) is 12.3 Å². The lowest BCUT2D eigenvalue weighted by atomic mass is 10.2. The molecule has 0 bridgehead atoms. The molecule has 1 heterocycles. The minimum absolute atomic E-state index is 0.176. The van der Waals surface area contributed by atoms with Crippen molar-refractivity contribution in [2.75, 3.05) is 38.2 Å². The van der Waals surface area contributed by atoms with E-state index in [9.17, 15) is 8.78 Å². The highest BCUT2D eigenvalue weighted by Gasteiger charge is 2.25. The van der Waals surface area contributed by atoms with E-state index >= 15 is 0 Å². The number of nitrogens with zero attached hydrogens (tertiary/aromatic N) is 2. The van der Waals surface area contributed by atoms with Gasteiger partial charge in [0.15, 0.2) is 5.96 Å². The second-order valence-corrected chi connectivity index (χ2v) is 7.67. The Balaban J connectivity index is 1.34. The van der Waals surface area contributed by atoms with E-state index in [1.165, 1.54) is 5.56 Å². The molecule has 1 fully saturated rings. The Bertz CT molecular complexity index is 836. The summed E-state index contributed by atoms with van der Waals surface area (Å²) in [5, 5.41) is 6.76. The normalized spacial score (nSPS) is 16.4. The fourth-order valence-electron chi connectivity index (χ4n) is 3.70. The third kappa shape index (κ3) is 7.67. The Morgan fingerprint density at radius 2 is 1.91 bits per heavy atom. The number of aliphatic imine (C=N–C) groups is 1. The Morgan fingerprint density at radius 1 is 1.12 bits per heavy atom. The maximum atomic E-state index is 12.7. The Hall–Kier alpha value is -2.87. The minimum atomic E-state index is -2.83. The molecule has 2 N–H and O–H groups in total. The average molecular weight is 447 g/mol. The number of nitrogens with one attached hydrogen (secondary N) is 2. The van der Waals surface area contributed by atoms with Gasteiger partial charge in [-0.25, -0.2) is 0 Å². The van der Waals surface area contributed by atoms with E-state index in [-0.39, 0.29) is 11.8 Å². The fourth-order valence-corrected chi connectivity index (χ4v) is 3.70. The van der Waals surface area contributed by atoms with Crippen molar-refractivity contribution >= 4 is 11.6 Å². The number of rotatable bonds is 11. The van der Waals surface area contributed by atoms with Gasteiger partial charge in [-0.1, -0.05) is 42.5 Å². The summed E-state index contributed by atoms with van der Waals surface area (Å²) >= 11 is 0. The molecular formula is C24H32F2N4O2. The monoisotopic (exact) mass is 446 g/mol. The first-order valence-corrected chi connectivity index (χ1v) is 11.0. The van der Waals surface area contributed by atoms with Crippen LogP contribution < -0.4 is 20.3 Å². The molecule has 3 rings (SSSR count). The number of hydrogen-bond donors (Lipinski definition) is 2. The van der Waals surface area contributed by atoms with Crippen LogP contribution in [0.4, 0.5) is 14.5 Å². The molecule has 0 radical (unpaired) electrons. The minimum Gasteiger partial charge on any atom is -0.433 e. The van der Waals surface area contributed by atoms with Gasteiger partial charge in [0.2, 0.25) is 0 Å². The van der Waals surface area contributed by atoms with Crippen molar-refractivity contribution in [2.24, 2.45) is 4.99 Å². The molecule has 1 aliphatic rings. The Kier molecular flexibility index (Phi) is 9.56. The van der Waals surface area contributed by atoms with Crippen LogP contribution >= 0.6 is 0 Å². The molecule has 6 nitrogen and oxygen atoms in total. The molecule has 1 unspecified atom stereocenters. The Labute approximate surface area is 188 Å². The highest BCUT2D eigenvalue weighted by atomic mass is 19.3. The first-order chi connectivity index (χ1) is 15.7. The van der Waals surface area contributed by atoms with Crippen LogP contribution in [0, 0.1) is 0 Å². The highest BCUT2D eigenvalue weighted by molar-refractivity contribution is 5.80. The number of para-hydroxylation sites is 2. The van der Waals surface area contributed by atoms with Gasteiger partial charge in [-0.3, -0.25) is 4.99 Å². The largest absolute Gasteiger partial charge is 0.433 e. The van der Waals surface area contributed by atoms with Crippen molar-refractivity contribution in [3.63, 3.8) is 0 Å². The van der Waals surface area contributed by atoms with Crippen LogP contribution in [-0.2, 0) is 11.3 Å². The molecule has 2 aromatic carbocycles. The molecule has 0 saturated carbocycles. The van der Waals surface area contributed by atoms with E-state index in [1.807, 2.05) is 30.3 Å². The van der Waals surface area contributed by atoms with Crippen molar-refractivity contribution in [2.45, 2.75) is 38.5 Å². The lowest BCUT2D eigenvalue weighted by molar-refractivity contribution is -0.0495. The predicted molar refractivity (Wildman–Crippen MR) is 124 cm³/mol. The van der Waals surface area contributed by atoms with E-state index < -0.39 is 6.61 Å². The van der Waals surface area contributed by atoms with E-state index in [1.54, 1.807) is 19.2 Å². The summed E-state index contributed by atoms with van der Waals surface area (Å²) in [6.45, 7) is 0.783. The lowest BCUT2D eigenvalue weighted by Crippen LogP contribution is -2.44. The summed E-state index contributed by atoms with van der Waals surface area (Å²) in [5.41, 5.74) is 1.87. The van der Waals surface area contributed by atoms with Crippen LogP contribution in [0.25, 0.3) is 0 Å². The van der Waals surface area contributed by atoms with Crippen LogP contribution in [0.1, 0.15) is 24.8 Å². The molecule has 174 valence electrons. The van der Waals surface area contributed by atoms with Gasteiger partial charge in [0.25, 0.3) is 0 Å². The molecule has 1 aliphatic heterocycles. The van der Waals surface area contributed by atoms with Crippen molar-refractivity contribution in [1.82, 2.24) is 10.6 Å². The third-order valence-electron chi connectivity index (χ3n) is 5.29. The summed E-state index contributed by atoms with van der Waals surface area (Å²) < 4.78 is 35.8. The van der Waals surface area contributed by atoms with Crippen LogP contribution in [0.2, 0.25) is 0 Å². The molecule has 0 aliphatic carbocycles. The maximum Gasteiger partial charge on any atom is 0.387 e. The fraction of sp³-hybridized carbons (Fsp3) is 0.458. The van der Waals surface area contributed by atoms with Gasteiger partial charge in [-0.05, 0) is 37.0 Å². The van der Waals surface area contributed by atoms with Crippen molar-refractivity contribution in [1.29, 1.82) is 0 Å². The predicted octanol–water partition coefficient (Wildman–Crippen LogP) is 4.03. The molecule has 2 aromatic rings. The van der Waals surface area contributed by atoms with E-state index in [4.69, 9.17) is 4.74 Å². The van der Waals surface area contributed by atoms with Crippen molar-refractivity contribution in [3.05, 3.63) is 60.2 Å². The SMILES string of the molecule is CN=C(NCCCCOCc1ccccc1)NC1CCN(c2ccccc2OC(F)F)C1. The van der Waals surface area contributed by atoms with E-state index in [2.05, 4.69) is 37.4 Å². The third-order valence-corrected chi connectivity index (χ3v) is 5.29. The molecular weight excluding hydrogens is 414 g/mol. The number of unbranched alkanes of at least 4 members (excludes halogenated alkanes) is 1. The van der Waals surface area contributed by atoms with E-state index in [0.717, 1.165) is 44.9 Å². The second kappa shape index (κ2) is 12.9. The molecule has 32 heavy (non-hydrogen) atoms. The van der Waals surface area contributed by atoms with Crippen LogP contribution in [0.3, 0.4) is 0 Å². The molecule has 0 spiro atoms. The number of halogens is 2. The van der Waals surface area contributed by atoms with Crippen LogP contribution in [0.15, 0.2) is 59.6 Å². The summed E-state index contributed by atoms with van der Waals surface area (Å²) in [5.74, 6) is 0.958. The zero-order chi connectivity index (χ0) is 22.6. The standard InChI is InChI=1S/C24H32F2N4O2/c1-27-24(28-14-7-8-16-31-18-19-9-3-2-4-10-19)29-20-13-15-30(17-20)21-11-5-6-12-22(21)32-23(25)26/h2-6,9-12,20,23H,7-8,13-18H2,1H3,(H2,27,28,29). The summed E-state index contributed by atoms with van der Waals surface area (Å²) in [4.78, 5) is 6.36. The van der Waals surface area contributed by atoms with E-state index in [0.29, 0.717) is 18.8 Å². The zero-order valence-electron chi connectivity index (χ0n) is 18.5. The van der Waals surface area contributed by atoms with Crippen molar-refractivity contribution in [3.8, 4) is 5.75 Å². The van der Waals surface area contributed by atoms with Crippen LogP contribution in [0.5, 0.6) is 5.75 Å². The zero-order valence-corrected chi connectivity index (χ0v) is 18.5. The smallest absolute Gasteiger partial charge is 0.387 e. The van der Waals surface area contributed by atoms with Gasteiger partial charge >= 0.3 is 6.61 Å². The number of guanidine groups is 1. The summed E-state index contributed by atoms with van der Waals surface area (Å²) in [6.07, 6.45) is 2.83.